The number of morpholine rings is 1. The van der Waals surface area contributed by atoms with Crippen LogP contribution in [0.1, 0.15) is 26.3 Å². The molecule has 1 saturated heterocycles. The zero-order chi connectivity index (χ0) is 21.1. The van der Waals surface area contributed by atoms with Crippen LogP contribution in [0.2, 0.25) is 0 Å². The SMILES string of the molecule is CCNC(=NCc1cccc(OCC(F)F)c1)NCC(C(C)C)N1CCOCC1. The van der Waals surface area contributed by atoms with E-state index >= 15 is 0 Å². The van der Waals surface area contributed by atoms with E-state index in [0.717, 1.165) is 50.9 Å². The molecule has 2 rings (SSSR count). The molecule has 1 aliphatic rings. The number of alkyl halides is 2. The van der Waals surface area contributed by atoms with Crippen LogP contribution >= 0.6 is 0 Å². The van der Waals surface area contributed by atoms with E-state index in [0.29, 0.717) is 24.3 Å². The monoisotopic (exact) mass is 412 g/mol. The Morgan fingerprint density at radius 3 is 2.66 bits per heavy atom. The molecule has 1 aromatic rings. The van der Waals surface area contributed by atoms with E-state index in [9.17, 15) is 8.78 Å². The molecule has 164 valence electrons. The molecular formula is C21H34F2N4O2. The fourth-order valence-corrected chi connectivity index (χ4v) is 3.30. The van der Waals surface area contributed by atoms with Crippen LogP contribution in [0.5, 0.6) is 5.75 Å². The molecule has 0 amide bonds. The first kappa shape index (κ1) is 23.3. The number of aliphatic imine (C=N–C) groups is 1. The fourth-order valence-electron chi connectivity index (χ4n) is 3.30. The highest BCUT2D eigenvalue weighted by molar-refractivity contribution is 5.79. The molecule has 1 heterocycles. The van der Waals surface area contributed by atoms with Crippen molar-refractivity contribution in [2.45, 2.75) is 39.8 Å². The van der Waals surface area contributed by atoms with Crippen molar-refractivity contribution >= 4 is 5.96 Å². The molecule has 0 aromatic heterocycles. The second-order valence-corrected chi connectivity index (χ2v) is 7.39. The van der Waals surface area contributed by atoms with Crippen LogP contribution in [0.25, 0.3) is 0 Å². The summed E-state index contributed by atoms with van der Waals surface area (Å²) in [6, 6.07) is 7.52. The largest absolute Gasteiger partial charge is 0.488 e. The number of nitrogens with one attached hydrogen (secondary N) is 2. The number of hydrogen-bond donors (Lipinski definition) is 2. The van der Waals surface area contributed by atoms with E-state index in [2.05, 4.69) is 34.4 Å². The minimum atomic E-state index is -2.48. The quantitative estimate of drug-likeness (QED) is 0.457. The van der Waals surface area contributed by atoms with Crippen molar-refractivity contribution in [2.75, 3.05) is 46.0 Å². The first-order valence-electron chi connectivity index (χ1n) is 10.3. The number of benzene rings is 1. The minimum Gasteiger partial charge on any atom is -0.488 e. The van der Waals surface area contributed by atoms with Crippen LogP contribution in [-0.4, -0.2) is 69.3 Å². The molecule has 6 nitrogen and oxygen atoms in total. The van der Waals surface area contributed by atoms with Crippen molar-refractivity contribution in [1.82, 2.24) is 15.5 Å². The van der Waals surface area contributed by atoms with Crippen molar-refractivity contribution in [1.29, 1.82) is 0 Å². The van der Waals surface area contributed by atoms with Gasteiger partial charge in [0.1, 0.15) is 12.4 Å². The molecule has 2 N–H and O–H groups in total. The fraction of sp³-hybridized carbons (Fsp3) is 0.667. The van der Waals surface area contributed by atoms with E-state index in [-0.39, 0.29) is 0 Å². The maximum absolute atomic E-state index is 12.3. The number of rotatable bonds is 10. The highest BCUT2D eigenvalue weighted by atomic mass is 19.3. The van der Waals surface area contributed by atoms with Gasteiger partial charge in [-0.05, 0) is 30.5 Å². The van der Waals surface area contributed by atoms with Gasteiger partial charge in [-0.1, -0.05) is 26.0 Å². The third-order valence-electron chi connectivity index (χ3n) is 4.80. The van der Waals surface area contributed by atoms with Gasteiger partial charge in [0.2, 0.25) is 0 Å². The minimum absolute atomic E-state index is 0.397. The van der Waals surface area contributed by atoms with E-state index in [1.54, 1.807) is 18.2 Å². The van der Waals surface area contributed by atoms with Crippen LogP contribution in [0.4, 0.5) is 8.78 Å². The Balaban J connectivity index is 1.95. The van der Waals surface area contributed by atoms with Gasteiger partial charge in [-0.15, -0.1) is 0 Å². The first-order chi connectivity index (χ1) is 14.0. The van der Waals surface area contributed by atoms with E-state index in [1.165, 1.54) is 0 Å². The zero-order valence-electron chi connectivity index (χ0n) is 17.7. The second-order valence-electron chi connectivity index (χ2n) is 7.39. The topological polar surface area (TPSA) is 58.1 Å². The summed E-state index contributed by atoms with van der Waals surface area (Å²) in [5.41, 5.74) is 0.905. The molecule has 0 radical (unpaired) electrons. The second kappa shape index (κ2) is 12.6. The van der Waals surface area contributed by atoms with Crippen molar-refractivity contribution in [3.8, 4) is 5.75 Å². The van der Waals surface area contributed by atoms with Gasteiger partial charge in [-0.3, -0.25) is 4.90 Å². The van der Waals surface area contributed by atoms with Gasteiger partial charge in [0, 0.05) is 32.2 Å². The number of ether oxygens (including phenoxy) is 2. The van der Waals surface area contributed by atoms with Crippen molar-refractivity contribution in [3.05, 3.63) is 29.8 Å². The number of guanidine groups is 1. The van der Waals surface area contributed by atoms with E-state index in [4.69, 9.17) is 9.47 Å². The van der Waals surface area contributed by atoms with Crippen LogP contribution in [0, 0.1) is 5.92 Å². The molecule has 0 bridgehead atoms. The van der Waals surface area contributed by atoms with Gasteiger partial charge in [0.05, 0.1) is 19.8 Å². The summed E-state index contributed by atoms with van der Waals surface area (Å²) in [4.78, 5) is 7.11. The lowest BCUT2D eigenvalue weighted by molar-refractivity contribution is 0.00752. The Hall–Kier alpha value is -1.93. The summed E-state index contributed by atoms with van der Waals surface area (Å²) >= 11 is 0. The average Bonchev–Trinajstić information content (AvgIpc) is 2.71. The molecule has 1 atom stereocenters. The lowest BCUT2D eigenvalue weighted by Gasteiger charge is -2.37. The predicted octanol–water partition coefficient (Wildman–Crippen LogP) is 2.74. The van der Waals surface area contributed by atoms with Gasteiger partial charge in [0.25, 0.3) is 6.43 Å². The highest BCUT2D eigenvalue weighted by Gasteiger charge is 2.23. The molecule has 1 aromatic carbocycles. The summed E-state index contributed by atoms with van der Waals surface area (Å²) in [5, 5.41) is 6.72. The Morgan fingerprint density at radius 1 is 1.24 bits per heavy atom. The molecular weight excluding hydrogens is 378 g/mol. The number of nitrogens with zero attached hydrogens (tertiary/aromatic N) is 2. The summed E-state index contributed by atoms with van der Waals surface area (Å²) < 4.78 is 35.2. The molecule has 1 fully saturated rings. The third kappa shape index (κ3) is 8.53. The number of halogens is 2. The van der Waals surface area contributed by atoms with Crippen LogP contribution < -0.4 is 15.4 Å². The van der Waals surface area contributed by atoms with E-state index in [1.807, 2.05) is 13.0 Å². The summed E-state index contributed by atoms with van der Waals surface area (Å²) in [6.45, 7) is 11.3. The Kier molecular flexibility index (Phi) is 10.1. The van der Waals surface area contributed by atoms with Gasteiger partial charge in [-0.25, -0.2) is 13.8 Å². The molecule has 0 saturated carbocycles. The lowest BCUT2D eigenvalue weighted by atomic mass is 10.0. The lowest BCUT2D eigenvalue weighted by Crippen LogP contribution is -2.52. The van der Waals surface area contributed by atoms with E-state index < -0.39 is 13.0 Å². The smallest absolute Gasteiger partial charge is 0.272 e. The Labute approximate surface area is 172 Å². The maximum Gasteiger partial charge on any atom is 0.272 e. The van der Waals surface area contributed by atoms with Gasteiger partial charge < -0.3 is 20.1 Å². The molecule has 1 unspecified atom stereocenters. The Morgan fingerprint density at radius 2 is 2.00 bits per heavy atom. The first-order valence-corrected chi connectivity index (χ1v) is 10.3. The molecule has 1 aliphatic heterocycles. The zero-order valence-corrected chi connectivity index (χ0v) is 17.7. The number of hydrogen-bond acceptors (Lipinski definition) is 4. The third-order valence-corrected chi connectivity index (χ3v) is 4.80. The Bertz CT molecular complexity index is 622. The molecule has 8 heteroatoms. The van der Waals surface area contributed by atoms with Crippen molar-refractivity contribution in [2.24, 2.45) is 10.9 Å². The molecule has 0 spiro atoms. The normalized spacial score (nSPS) is 16.9. The summed E-state index contributed by atoms with van der Waals surface area (Å²) in [6.07, 6.45) is -2.48. The van der Waals surface area contributed by atoms with Crippen LogP contribution in [-0.2, 0) is 11.3 Å². The standard InChI is InChI=1S/C21H34F2N4O2/c1-4-24-21(26-14-19(16(2)3)27-8-10-28-11-9-27)25-13-17-6-5-7-18(12-17)29-15-20(22)23/h5-7,12,16,19-20H,4,8-11,13-15H2,1-3H3,(H2,24,25,26). The average molecular weight is 413 g/mol. The highest BCUT2D eigenvalue weighted by Crippen LogP contribution is 2.15. The van der Waals surface area contributed by atoms with Gasteiger partial charge in [-0.2, -0.15) is 0 Å². The van der Waals surface area contributed by atoms with Gasteiger partial charge >= 0.3 is 0 Å². The molecule has 29 heavy (non-hydrogen) atoms. The summed E-state index contributed by atoms with van der Waals surface area (Å²) in [7, 11) is 0. The maximum atomic E-state index is 12.3. The van der Waals surface area contributed by atoms with Gasteiger partial charge in [0.15, 0.2) is 5.96 Å². The van der Waals surface area contributed by atoms with Crippen LogP contribution in [0.3, 0.4) is 0 Å². The predicted molar refractivity (Wildman–Crippen MR) is 112 cm³/mol. The molecule has 0 aliphatic carbocycles. The van der Waals surface area contributed by atoms with Crippen molar-refractivity contribution < 1.29 is 18.3 Å². The summed E-state index contributed by atoms with van der Waals surface area (Å²) in [5.74, 6) is 1.68. The van der Waals surface area contributed by atoms with Crippen molar-refractivity contribution in [3.63, 3.8) is 0 Å². The van der Waals surface area contributed by atoms with Crippen LogP contribution in [0.15, 0.2) is 29.3 Å².